The normalized spacial score (nSPS) is 13.8. The van der Waals surface area contributed by atoms with Crippen LogP contribution >= 0.6 is 0 Å². The molecular weight excluding hydrogens is 202 g/mol. The van der Waals surface area contributed by atoms with Gasteiger partial charge in [-0.25, -0.2) is 0 Å². The first kappa shape index (κ1) is 12.9. The summed E-state index contributed by atoms with van der Waals surface area (Å²) in [6.45, 7) is 6.38. The van der Waals surface area contributed by atoms with Crippen molar-refractivity contribution in [2.75, 3.05) is 0 Å². The van der Waals surface area contributed by atoms with Crippen LogP contribution in [0.4, 0.5) is 0 Å². The second kappa shape index (κ2) is 4.78. The number of Topliss-reactive ketones (excluding diaryl/α,β-unsaturated/α-hetero) is 1. The standard InChI is InChI=1S/C12H21N3O/c1-12(2,3)6-10(13)5-11(16)9-7-14-15(4)8-9/h7-8,10H,5-6,13H2,1-4H3. The van der Waals surface area contributed by atoms with E-state index in [-0.39, 0.29) is 17.2 Å². The summed E-state index contributed by atoms with van der Waals surface area (Å²) >= 11 is 0. The van der Waals surface area contributed by atoms with Crippen LogP contribution in [0.15, 0.2) is 12.4 Å². The van der Waals surface area contributed by atoms with Gasteiger partial charge >= 0.3 is 0 Å². The molecule has 16 heavy (non-hydrogen) atoms. The molecule has 4 nitrogen and oxygen atoms in total. The van der Waals surface area contributed by atoms with Crippen molar-refractivity contribution in [2.24, 2.45) is 18.2 Å². The summed E-state index contributed by atoms with van der Waals surface area (Å²) in [6, 6.07) is -0.0762. The zero-order valence-electron chi connectivity index (χ0n) is 10.5. The van der Waals surface area contributed by atoms with Gasteiger partial charge in [-0.2, -0.15) is 5.10 Å². The number of ketones is 1. The molecule has 4 heteroatoms. The molecule has 1 atom stereocenters. The van der Waals surface area contributed by atoms with Crippen LogP contribution in [-0.4, -0.2) is 21.6 Å². The summed E-state index contributed by atoms with van der Waals surface area (Å²) in [5.74, 6) is 0.0739. The van der Waals surface area contributed by atoms with Gasteiger partial charge in [0.1, 0.15) is 0 Å². The molecule has 0 aliphatic carbocycles. The van der Waals surface area contributed by atoms with Gasteiger partial charge in [-0.3, -0.25) is 9.48 Å². The Kier molecular flexibility index (Phi) is 3.86. The van der Waals surface area contributed by atoms with Crippen LogP contribution in [0.1, 0.15) is 44.0 Å². The lowest BCUT2D eigenvalue weighted by atomic mass is 9.86. The Morgan fingerprint density at radius 3 is 2.62 bits per heavy atom. The van der Waals surface area contributed by atoms with Gasteiger partial charge in [0.15, 0.2) is 5.78 Å². The fourth-order valence-corrected chi connectivity index (χ4v) is 1.78. The van der Waals surface area contributed by atoms with Crippen molar-refractivity contribution in [3.05, 3.63) is 18.0 Å². The second-order valence-corrected chi connectivity index (χ2v) is 5.55. The summed E-state index contributed by atoms with van der Waals surface area (Å²) < 4.78 is 1.63. The van der Waals surface area contributed by atoms with E-state index in [1.54, 1.807) is 24.1 Å². The van der Waals surface area contributed by atoms with Crippen molar-refractivity contribution in [3.63, 3.8) is 0 Å². The topological polar surface area (TPSA) is 60.9 Å². The molecule has 0 bridgehead atoms. The number of nitrogens with zero attached hydrogens (tertiary/aromatic N) is 2. The van der Waals surface area contributed by atoms with Gasteiger partial charge in [-0.1, -0.05) is 20.8 Å². The van der Waals surface area contributed by atoms with Gasteiger partial charge in [-0.05, 0) is 11.8 Å². The molecule has 0 saturated carbocycles. The van der Waals surface area contributed by atoms with Crippen LogP contribution in [-0.2, 0) is 7.05 Å². The van der Waals surface area contributed by atoms with E-state index in [1.165, 1.54) is 0 Å². The number of carbonyl (C=O) groups excluding carboxylic acids is 1. The highest BCUT2D eigenvalue weighted by atomic mass is 16.1. The fourth-order valence-electron chi connectivity index (χ4n) is 1.78. The van der Waals surface area contributed by atoms with E-state index in [1.807, 2.05) is 0 Å². The monoisotopic (exact) mass is 223 g/mol. The number of rotatable bonds is 4. The first-order valence-electron chi connectivity index (χ1n) is 5.55. The lowest BCUT2D eigenvalue weighted by Gasteiger charge is -2.22. The first-order valence-corrected chi connectivity index (χ1v) is 5.55. The van der Waals surface area contributed by atoms with Gasteiger partial charge in [0, 0.05) is 25.7 Å². The highest BCUT2D eigenvalue weighted by molar-refractivity contribution is 5.95. The molecule has 90 valence electrons. The van der Waals surface area contributed by atoms with Crippen LogP contribution in [0.25, 0.3) is 0 Å². The second-order valence-electron chi connectivity index (χ2n) is 5.55. The zero-order chi connectivity index (χ0) is 12.3. The average Bonchev–Trinajstić information content (AvgIpc) is 2.47. The van der Waals surface area contributed by atoms with Gasteiger partial charge < -0.3 is 5.73 Å². The Hall–Kier alpha value is -1.16. The Bertz CT molecular complexity index is 363. The lowest BCUT2D eigenvalue weighted by molar-refractivity contribution is 0.0968. The third-order valence-corrected chi connectivity index (χ3v) is 2.35. The van der Waals surface area contributed by atoms with E-state index in [0.29, 0.717) is 12.0 Å². The van der Waals surface area contributed by atoms with E-state index in [2.05, 4.69) is 25.9 Å². The van der Waals surface area contributed by atoms with Crippen molar-refractivity contribution in [1.82, 2.24) is 9.78 Å². The molecule has 0 radical (unpaired) electrons. The molecule has 0 spiro atoms. The van der Waals surface area contributed by atoms with Crippen molar-refractivity contribution < 1.29 is 4.79 Å². The van der Waals surface area contributed by atoms with Crippen molar-refractivity contribution in [1.29, 1.82) is 0 Å². The minimum Gasteiger partial charge on any atom is -0.327 e. The molecule has 0 amide bonds. The van der Waals surface area contributed by atoms with Gasteiger partial charge in [0.05, 0.1) is 11.8 Å². The number of aryl methyl sites for hydroxylation is 1. The largest absolute Gasteiger partial charge is 0.327 e. The van der Waals surface area contributed by atoms with Crippen LogP contribution < -0.4 is 5.73 Å². The summed E-state index contributed by atoms with van der Waals surface area (Å²) in [4.78, 5) is 11.8. The molecule has 0 aromatic carbocycles. The van der Waals surface area contributed by atoms with Gasteiger partial charge in [0.2, 0.25) is 0 Å². The molecule has 0 fully saturated rings. The van der Waals surface area contributed by atoms with Crippen LogP contribution in [0.2, 0.25) is 0 Å². The smallest absolute Gasteiger partial charge is 0.167 e. The Morgan fingerprint density at radius 1 is 1.56 bits per heavy atom. The maximum absolute atomic E-state index is 11.8. The summed E-state index contributed by atoms with van der Waals surface area (Å²) in [5.41, 5.74) is 6.76. The van der Waals surface area contributed by atoms with Gasteiger partial charge in [-0.15, -0.1) is 0 Å². The number of nitrogens with two attached hydrogens (primary N) is 1. The molecule has 1 unspecified atom stereocenters. The summed E-state index contributed by atoms with van der Waals surface area (Å²) in [6.07, 6.45) is 4.56. The SMILES string of the molecule is Cn1cc(C(=O)CC(N)CC(C)(C)C)cn1. The quantitative estimate of drug-likeness (QED) is 0.791. The molecule has 0 saturated heterocycles. The number of hydrogen-bond donors (Lipinski definition) is 1. The minimum absolute atomic E-state index is 0.0739. The number of aromatic nitrogens is 2. The maximum Gasteiger partial charge on any atom is 0.167 e. The van der Waals surface area contributed by atoms with Crippen LogP contribution in [0.5, 0.6) is 0 Å². The van der Waals surface area contributed by atoms with Crippen molar-refractivity contribution in [3.8, 4) is 0 Å². The van der Waals surface area contributed by atoms with E-state index < -0.39 is 0 Å². The fraction of sp³-hybridized carbons (Fsp3) is 0.667. The van der Waals surface area contributed by atoms with Gasteiger partial charge in [0.25, 0.3) is 0 Å². The lowest BCUT2D eigenvalue weighted by Crippen LogP contribution is -2.28. The minimum atomic E-state index is -0.0762. The van der Waals surface area contributed by atoms with E-state index in [0.717, 1.165) is 6.42 Å². The van der Waals surface area contributed by atoms with Crippen molar-refractivity contribution >= 4 is 5.78 Å². The summed E-state index contributed by atoms with van der Waals surface area (Å²) in [7, 11) is 1.80. The van der Waals surface area contributed by atoms with E-state index in [4.69, 9.17) is 5.73 Å². The predicted molar refractivity (Wildman–Crippen MR) is 64.2 cm³/mol. The highest BCUT2D eigenvalue weighted by Crippen LogP contribution is 2.21. The van der Waals surface area contributed by atoms with Crippen LogP contribution in [0, 0.1) is 5.41 Å². The molecule has 1 heterocycles. The molecule has 1 aromatic heterocycles. The number of hydrogen-bond acceptors (Lipinski definition) is 3. The molecule has 1 aromatic rings. The molecule has 0 aliphatic rings. The Labute approximate surface area is 96.8 Å². The number of carbonyl (C=O) groups is 1. The molecule has 0 aliphatic heterocycles. The van der Waals surface area contributed by atoms with Crippen molar-refractivity contribution in [2.45, 2.75) is 39.7 Å². The first-order chi connectivity index (χ1) is 7.28. The molecular formula is C12H21N3O. The van der Waals surface area contributed by atoms with Crippen LogP contribution in [0.3, 0.4) is 0 Å². The average molecular weight is 223 g/mol. The third kappa shape index (κ3) is 4.14. The zero-order valence-corrected chi connectivity index (χ0v) is 10.5. The Balaban J connectivity index is 2.52. The maximum atomic E-state index is 11.8. The van der Waals surface area contributed by atoms with E-state index in [9.17, 15) is 4.79 Å². The molecule has 2 N–H and O–H groups in total. The summed E-state index contributed by atoms with van der Waals surface area (Å²) in [5, 5.41) is 3.97. The van der Waals surface area contributed by atoms with E-state index >= 15 is 0 Å². The highest BCUT2D eigenvalue weighted by Gasteiger charge is 2.19. The third-order valence-electron chi connectivity index (χ3n) is 2.35. The molecule has 1 rings (SSSR count). The Morgan fingerprint density at radius 2 is 2.19 bits per heavy atom. The predicted octanol–water partition coefficient (Wildman–Crippen LogP) is 1.76.